The molecule has 2 aliphatic heterocycles. The molecule has 1 fully saturated rings. The Balaban J connectivity index is 1.85. The van der Waals surface area contributed by atoms with E-state index in [1.807, 2.05) is 19.2 Å². The number of hydrogen-bond acceptors (Lipinski definition) is 4. The molecule has 0 spiro atoms. The quantitative estimate of drug-likeness (QED) is 0.882. The summed E-state index contributed by atoms with van der Waals surface area (Å²) in [6.45, 7) is 2.97. The van der Waals surface area contributed by atoms with Crippen LogP contribution in [-0.4, -0.2) is 32.3 Å². The number of rotatable bonds is 3. The van der Waals surface area contributed by atoms with Crippen LogP contribution in [0.25, 0.3) is 0 Å². The summed E-state index contributed by atoms with van der Waals surface area (Å²) >= 11 is 0. The van der Waals surface area contributed by atoms with E-state index in [4.69, 9.17) is 9.47 Å². The number of nitrogens with one attached hydrogen (secondary N) is 2. The van der Waals surface area contributed by atoms with Gasteiger partial charge in [-0.25, -0.2) is 0 Å². The molecule has 5 nitrogen and oxygen atoms in total. The van der Waals surface area contributed by atoms with Crippen LogP contribution >= 0.6 is 0 Å². The Labute approximate surface area is 118 Å². The molecule has 20 heavy (non-hydrogen) atoms. The number of anilines is 1. The van der Waals surface area contributed by atoms with Gasteiger partial charge < -0.3 is 20.1 Å². The lowest BCUT2D eigenvalue weighted by Gasteiger charge is -2.25. The topological polar surface area (TPSA) is 59.6 Å². The van der Waals surface area contributed by atoms with Gasteiger partial charge in [-0.15, -0.1) is 0 Å². The molecule has 2 aliphatic rings. The molecule has 2 heterocycles. The molecule has 1 aromatic rings. The van der Waals surface area contributed by atoms with Crippen LogP contribution in [0.15, 0.2) is 18.2 Å². The van der Waals surface area contributed by atoms with Gasteiger partial charge in [0.25, 0.3) is 5.91 Å². The molecular formula is C15H20N2O3. The van der Waals surface area contributed by atoms with Crippen molar-refractivity contribution in [3.8, 4) is 5.75 Å². The molecule has 2 N–H and O–H groups in total. The zero-order chi connectivity index (χ0) is 14.1. The van der Waals surface area contributed by atoms with E-state index in [2.05, 4.69) is 23.6 Å². The van der Waals surface area contributed by atoms with Gasteiger partial charge in [-0.1, -0.05) is 6.07 Å². The molecule has 108 valence electrons. The number of benzene rings is 1. The Morgan fingerprint density at radius 1 is 1.45 bits per heavy atom. The third-order valence-corrected chi connectivity index (χ3v) is 4.01. The number of carbonyl (C=O) groups is 1. The molecule has 0 aliphatic carbocycles. The summed E-state index contributed by atoms with van der Waals surface area (Å²) < 4.78 is 11.1. The van der Waals surface area contributed by atoms with Crippen LogP contribution in [0.5, 0.6) is 5.75 Å². The van der Waals surface area contributed by atoms with E-state index in [1.165, 1.54) is 0 Å². The Morgan fingerprint density at radius 2 is 2.30 bits per heavy atom. The molecule has 5 heteroatoms. The minimum atomic E-state index is -0.103. The van der Waals surface area contributed by atoms with Gasteiger partial charge in [-0.3, -0.25) is 4.79 Å². The van der Waals surface area contributed by atoms with Gasteiger partial charge in [0, 0.05) is 12.0 Å². The minimum Gasteiger partial charge on any atom is -0.482 e. The Bertz CT molecular complexity index is 518. The SMILES string of the molecule is CNC(c1ccc2c(c1)NC(=O)CO2)C1COC(C)C1. The van der Waals surface area contributed by atoms with Gasteiger partial charge in [0.15, 0.2) is 6.61 Å². The van der Waals surface area contributed by atoms with Crippen molar-refractivity contribution in [2.45, 2.75) is 25.5 Å². The summed E-state index contributed by atoms with van der Waals surface area (Å²) in [7, 11) is 1.96. The molecule has 0 radical (unpaired) electrons. The second kappa shape index (κ2) is 5.42. The zero-order valence-electron chi connectivity index (χ0n) is 11.8. The highest BCUT2D eigenvalue weighted by atomic mass is 16.5. The number of carbonyl (C=O) groups excluding carboxylic acids is 1. The fourth-order valence-corrected chi connectivity index (χ4v) is 3.05. The zero-order valence-corrected chi connectivity index (χ0v) is 11.8. The molecule has 1 saturated heterocycles. The Hall–Kier alpha value is -1.59. The second-order valence-electron chi connectivity index (χ2n) is 5.50. The fourth-order valence-electron chi connectivity index (χ4n) is 3.05. The second-order valence-corrected chi connectivity index (χ2v) is 5.50. The van der Waals surface area contributed by atoms with Gasteiger partial charge in [0.1, 0.15) is 5.75 Å². The maximum Gasteiger partial charge on any atom is 0.262 e. The highest BCUT2D eigenvalue weighted by molar-refractivity contribution is 5.95. The molecular weight excluding hydrogens is 256 g/mol. The highest BCUT2D eigenvalue weighted by Crippen LogP contribution is 2.35. The maximum atomic E-state index is 11.4. The first-order valence-electron chi connectivity index (χ1n) is 7.03. The summed E-state index contributed by atoms with van der Waals surface area (Å²) in [5.74, 6) is 1.08. The average molecular weight is 276 g/mol. The standard InChI is InChI=1S/C15H20N2O3/c1-9-5-11(7-19-9)15(16-2)10-3-4-13-12(6-10)17-14(18)8-20-13/h3-4,6,9,11,15-16H,5,7-8H2,1-2H3,(H,17,18). The van der Waals surface area contributed by atoms with Gasteiger partial charge in [-0.2, -0.15) is 0 Å². The fraction of sp³-hybridized carbons (Fsp3) is 0.533. The normalized spacial score (nSPS) is 26.6. The molecule has 1 aromatic carbocycles. The van der Waals surface area contributed by atoms with Crippen LogP contribution < -0.4 is 15.4 Å². The van der Waals surface area contributed by atoms with Crippen LogP contribution in [-0.2, 0) is 9.53 Å². The lowest BCUT2D eigenvalue weighted by atomic mass is 9.90. The summed E-state index contributed by atoms with van der Waals surface area (Å²) in [6.07, 6.45) is 1.36. The van der Waals surface area contributed by atoms with E-state index in [-0.39, 0.29) is 18.6 Å². The van der Waals surface area contributed by atoms with Crippen molar-refractivity contribution in [3.05, 3.63) is 23.8 Å². The number of hydrogen-bond donors (Lipinski definition) is 2. The van der Waals surface area contributed by atoms with Crippen molar-refractivity contribution in [2.24, 2.45) is 5.92 Å². The smallest absolute Gasteiger partial charge is 0.262 e. The van der Waals surface area contributed by atoms with Crippen molar-refractivity contribution in [1.82, 2.24) is 5.32 Å². The number of amides is 1. The van der Waals surface area contributed by atoms with E-state index < -0.39 is 0 Å². The van der Waals surface area contributed by atoms with Crippen molar-refractivity contribution in [2.75, 3.05) is 25.6 Å². The van der Waals surface area contributed by atoms with E-state index in [9.17, 15) is 4.79 Å². The van der Waals surface area contributed by atoms with Crippen LogP contribution in [0.2, 0.25) is 0 Å². The third-order valence-electron chi connectivity index (χ3n) is 4.01. The van der Waals surface area contributed by atoms with Gasteiger partial charge in [0.2, 0.25) is 0 Å². The molecule has 3 rings (SSSR count). The first-order valence-corrected chi connectivity index (χ1v) is 7.03. The third kappa shape index (κ3) is 2.51. The summed E-state index contributed by atoms with van der Waals surface area (Å²) in [6, 6.07) is 6.20. The first-order chi connectivity index (χ1) is 9.67. The Kier molecular flexibility index (Phi) is 3.63. The predicted octanol–water partition coefficient (Wildman–Crippen LogP) is 1.70. The van der Waals surface area contributed by atoms with Crippen LogP contribution in [0.1, 0.15) is 24.9 Å². The molecule has 0 bridgehead atoms. The highest BCUT2D eigenvalue weighted by Gasteiger charge is 2.30. The lowest BCUT2D eigenvalue weighted by molar-refractivity contribution is -0.118. The van der Waals surface area contributed by atoms with Crippen molar-refractivity contribution < 1.29 is 14.3 Å². The van der Waals surface area contributed by atoms with Crippen LogP contribution in [0.4, 0.5) is 5.69 Å². The largest absolute Gasteiger partial charge is 0.482 e. The molecule has 3 unspecified atom stereocenters. The van der Waals surface area contributed by atoms with Crippen LogP contribution in [0.3, 0.4) is 0 Å². The van der Waals surface area contributed by atoms with Gasteiger partial charge in [-0.05, 0) is 38.1 Å². The summed E-state index contributed by atoms with van der Waals surface area (Å²) in [5.41, 5.74) is 1.91. The van der Waals surface area contributed by atoms with E-state index in [1.54, 1.807) is 0 Å². The van der Waals surface area contributed by atoms with Gasteiger partial charge >= 0.3 is 0 Å². The number of fused-ring (bicyclic) bond motifs is 1. The van der Waals surface area contributed by atoms with Crippen molar-refractivity contribution in [1.29, 1.82) is 0 Å². The van der Waals surface area contributed by atoms with Crippen molar-refractivity contribution in [3.63, 3.8) is 0 Å². The molecule has 0 saturated carbocycles. The van der Waals surface area contributed by atoms with E-state index >= 15 is 0 Å². The average Bonchev–Trinajstić information content (AvgIpc) is 2.85. The monoisotopic (exact) mass is 276 g/mol. The lowest BCUT2D eigenvalue weighted by Crippen LogP contribution is -2.28. The van der Waals surface area contributed by atoms with Gasteiger partial charge in [0.05, 0.1) is 18.4 Å². The first kappa shape index (κ1) is 13.4. The number of ether oxygens (including phenoxy) is 2. The molecule has 1 amide bonds. The molecule has 3 atom stereocenters. The Morgan fingerprint density at radius 3 is 3.00 bits per heavy atom. The maximum absolute atomic E-state index is 11.4. The van der Waals surface area contributed by atoms with Crippen LogP contribution in [0, 0.1) is 5.92 Å². The molecule has 0 aromatic heterocycles. The predicted molar refractivity (Wildman–Crippen MR) is 75.9 cm³/mol. The van der Waals surface area contributed by atoms with E-state index in [0.717, 1.165) is 30.0 Å². The summed E-state index contributed by atoms with van der Waals surface area (Å²) in [5, 5.41) is 6.22. The van der Waals surface area contributed by atoms with E-state index in [0.29, 0.717) is 12.0 Å². The minimum absolute atomic E-state index is 0.0930. The summed E-state index contributed by atoms with van der Waals surface area (Å²) in [4.78, 5) is 11.4. The van der Waals surface area contributed by atoms with Crippen molar-refractivity contribution >= 4 is 11.6 Å².